The molecule has 0 saturated heterocycles. The summed E-state index contributed by atoms with van der Waals surface area (Å²) in [7, 11) is -4.39. The van der Waals surface area contributed by atoms with Crippen molar-refractivity contribution in [3.63, 3.8) is 0 Å². The molecule has 1 heterocycles. The number of ether oxygens (including phenoxy) is 1. The van der Waals surface area contributed by atoms with Crippen molar-refractivity contribution in [2.45, 2.75) is 11.8 Å². The molecule has 3 aromatic rings. The average molecular weight is 431 g/mol. The average Bonchev–Trinajstić information content (AvgIpc) is 2.69. The number of nitro groups is 2. The largest absolute Gasteiger partial charge is 0.424 e. The normalized spacial score (nSPS) is 11.0. The van der Waals surface area contributed by atoms with Crippen molar-refractivity contribution in [3.05, 3.63) is 80.7 Å². The van der Waals surface area contributed by atoms with Crippen LogP contribution in [0.5, 0.6) is 11.8 Å². The van der Waals surface area contributed by atoms with Gasteiger partial charge in [-0.25, -0.2) is 18.4 Å². The lowest BCUT2D eigenvalue weighted by molar-refractivity contribution is -0.395. The third kappa shape index (κ3) is 4.47. The van der Waals surface area contributed by atoms with Gasteiger partial charge in [0.2, 0.25) is 0 Å². The van der Waals surface area contributed by atoms with Crippen LogP contribution < -0.4 is 9.46 Å². The predicted molar refractivity (Wildman–Crippen MR) is 104 cm³/mol. The topological polar surface area (TPSA) is 167 Å². The molecule has 1 aromatic heterocycles. The van der Waals surface area contributed by atoms with E-state index in [1.165, 1.54) is 6.92 Å². The van der Waals surface area contributed by atoms with Crippen molar-refractivity contribution in [3.8, 4) is 11.8 Å². The third-order valence-electron chi connectivity index (χ3n) is 3.86. The molecule has 12 nitrogen and oxygen atoms in total. The zero-order valence-electron chi connectivity index (χ0n) is 15.3. The van der Waals surface area contributed by atoms with Crippen molar-refractivity contribution in [1.29, 1.82) is 0 Å². The third-order valence-corrected chi connectivity index (χ3v) is 5.22. The van der Waals surface area contributed by atoms with Gasteiger partial charge in [0.1, 0.15) is 16.2 Å². The number of hydrogen-bond acceptors (Lipinski definition) is 9. The van der Waals surface area contributed by atoms with Crippen LogP contribution in [-0.4, -0.2) is 28.2 Å². The summed E-state index contributed by atoms with van der Waals surface area (Å²) in [5.41, 5.74) is -1.70. The number of sulfonamides is 1. The number of nitro benzene ring substituents is 2. The smallest absolute Gasteiger partial charge is 0.322 e. The minimum absolute atomic E-state index is 0.0363. The number of nitrogens with zero attached hydrogens (tertiary/aromatic N) is 4. The highest BCUT2D eigenvalue weighted by Crippen LogP contribution is 2.32. The lowest BCUT2D eigenvalue weighted by atomic mass is 10.1. The van der Waals surface area contributed by atoms with Crippen LogP contribution in [0.4, 0.5) is 17.1 Å². The monoisotopic (exact) mass is 431 g/mol. The Bertz CT molecular complexity index is 1180. The first kappa shape index (κ1) is 20.6. The number of benzene rings is 2. The Balaban J connectivity index is 1.88. The lowest BCUT2D eigenvalue weighted by Crippen LogP contribution is -2.14. The first-order valence-corrected chi connectivity index (χ1v) is 9.67. The van der Waals surface area contributed by atoms with Crippen LogP contribution in [0.2, 0.25) is 0 Å². The molecular formula is C17H13N5O7S. The first-order chi connectivity index (χ1) is 14.2. The van der Waals surface area contributed by atoms with Crippen LogP contribution in [-0.2, 0) is 10.0 Å². The van der Waals surface area contributed by atoms with E-state index in [9.17, 15) is 28.6 Å². The van der Waals surface area contributed by atoms with Gasteiger partial charge in [0.25, 0.3) is 21.4 Å². The van der Waals surface area contributed by atoms with Crippen LogP contribution in [0.25, 0.3) is 0 Å². The Morgan fingerprint density at radius 2 is 1.50 bits per heavy atom. The summed E-state index contributed by atoms with van der Waals surface area (Å²) in [6.45, 7) is 1.17. The van der Waals surface area contributed by atoms with Gasteiger partial charge in [-0.05, 0) is 19.1 Å². The molecule has 2 aromatic carbocycles. The summed E-state index contributed by atoms with van der Waals surface area (Å²) in [5, 5.41) is 22.3. The summed E-state index contributed by atoms with van der Waals surface area (Å²) < 4.78 is 32.7. The van der Waals surface area contributed by atoms with E-state index >= 15 is 0 Å². The summed E-state index contributed by atoms with van der Waals surface area (Å²) in [5.74, 6) is 0.477. The molecule has 0 bridgehead atoms. The van der Waals surface area contributed by atoms with Crippen molar-refractivity contribution in [2.75, 3.05) is 4.72 Å². The highest BCUT2D eigenvalue weighted by atomic mass is 32.2. The fourth-order valence-corrected chi connectivity index (χ4v) is 3.49. The summed E-state index contributed by atoms with van der Waals surface area (Å²) in [6, 6.07) is 10.1. The zero-order chi connectivity index (χ0) is 21.9. The molecule has 13 heteroatoms. The molecule has 0 atom stereocenters. The fraction of sp³-hybridized carbons (Fsp3) is 0.0588. The van der Waals surface area contributed by atoms with Gasteiger partial charge in [-0.1, -0.05) is 18.2 Å². The van der Waals surface area contributed by atoms with Gasteiger partial charge in [-0.15, -0.1) is 0 Å². The molecule has 0 fully saturated rings. The molecule has 1 N–H and O–H groups in total. The van der Waals surface area contributed by atoms with Crippen LogP contribution >= 0.6 is 0 Å². The molecule has 154 valence electrons. The minimum Gasteiger partial charge on any atom is -0.424 e. The maximum absolute atomic E-state index is 12.6. The number of para-hydroxylation sites is 1. The lowest BCUT2D eigenvalue weighted by Gasteiger charge is -2.09. The fourth-order valence-electron chi connectivity index (χ4n) is 2.42. The van der Waals surface area contributed by atoms with Crippen LogP contribution in [0, 0.1) is 27.2 Å². The molecule has 0 aliphatic carbocycles. The molecule has 0 aliphatic heterocycles. The Morgan fingerprint density at radius 3 is 2.00 bits per heavy atom. The highest BCUT2D eigenvalue weighted by Gasteiger charge is 2.28. The van der Waals surface area contributed by atoms with Crippen LogP contribution in [0.3, 0.4) is 0 Å². The van der Waals surface area contributed by atoms with E-state index in [-0.39, 0.29) is 17.3 Å². The van der Waals surface area contributed by atoms with Crippen molar-refractivity contribution < 1.29 is 23.0 Å². The van der Waals surface area contributed by atoms with E-state index in [2.05, 4.69) is 14.7 Å². The standard InChI is InChI=1S/C17H13N5O7S/c1-11-15(21(23)24)7-14(8-16(11)22(25)26)30(27,28)20-12-9-18-17(19-10-12)29-13-5-3-2-4-6-13/h2-10,20H,1H3. The Hall–Kier alpha value is -4.13. The molecule has 0 radical (unpaired) electrons. The van der Waals surface area contributed by atoms with Crippen LogP contribution in [0.15, 0.2) is 59.8 Å². The Labute approximate surface area is 169 Å². The van der Waals surface area contributed by atoms with Gasteiger partial charge in [0, 0.05) is 12.1 Å². The molecule has 0 unspecified atom stereocenters. The SMILES string of the molecule is Cc1c([N+](=O)[O-])cc(S(=O)(=O)Nc2cnc(Oc3ccccc3)nc2)cc1[N+](=O)[O-]. The van der Waals surface area contributed by atoms with Crippen molar-refractivity contribution in [1.82, 2.24) is 9.97 Å². The van der Waals surface area contributed by atoms with Gasteiger partial charge in [0.15, 0.2) is 0 Å². The van der Waals surface area contributed by atoms with Crippen molar-refractivity contribution in [2.24, 2.45) is 0 Å². The summed E-state index contributed by atoms with van der Waals surface area (Å²) in [6.07, 6.45) is 2.25. The molecule has 3 rings (SSSR count). The summed E-state index contributed by atoms with van der Waals surface area (Å²) in [4.78, 5) is 27.7. The van der Waals surface area contributed by atoms with Crippen molar-refractivity contribution >= 4 is 27.1 Å². The van der Waals surface area contributed by atoms with Gasteiger partial charge < -0.3 is 4.74 Å². The second-order valence-electron chi connectivity index (χ2n) is 5.88. The molecule has 0 amide bonds. The van der Waals surface area contributed by atoms with E-state index in [4.69, 9.17) is 4.74 Å². The Kier molecular flexibility index (Phi) is 5.55. The van der Waals surface area contributed by atoms with Gasteiger partial charge >= 0.3 is 6.01 Å². The number of hydrogen-bond donors (Lipinski definition) is 1. The van der Waals surface area contributed by atoms with E-state index in [0.29, 0.717) is 5.75 Å². The van der Waals surface area contributed by atoms with E-state index in [0.717, 1.165) is 24.5 Å². The highest BCUT2D eigenvalue weighted by molar-refractivity contribution is 7.92. The number of aromatic nitrogens is 2. The number of rotatable bonds is 7. The second-order valence-corrected chi connectivity index (χ2v) is 7.56. The van der Waals surface area contributed by atoms with Gasteiger partial charge in [-0.2, -0.15) is 0 Å². The maximum Gasteiger partial charge on any atom is 0.322 e. The van der Waals surface area contributed by atoms with E-state index in [1.54, 1.807) is 30.3 Å². The predicted octanol–water partition coefficient (Wildman–Crippen LogP) is 3.19. The molecule has 0 saturated carbocycles. The quantitative estimate of drug-likeness (QED) is 0.436. The van der Waals surface area contributed by atoms with Crippen LogP contribution in [0.1, 0.15) is 5.56 Å². The Morgan fingerprint density at radius 1 is 0.967 bits per heavy atom. The second kappa shape index (κ2) is 8.08. The maximum atomic E-state index is 12.6. The number of anilines is 1. The minimum atomic E-state index is -4.39. The van der Waals surface area contributed by atoms with Gasteiger partial charge in [-0.3, -0.25) is 25.0 Å². The molecule has 0 spiro atoms. The van der Waals surface area contributed by atoms with Gasteiger partial charge in [0.05, 0.1) is 27.9 Å². The number of nitrogens with one attached hydrogen (secondary N) is 1. The molecule has 30 heavy (non-hydrogen) atoms. The summed E-state index contributed by atoms with van der Waals surface area (Å²) >= 11 is 0. The molecular weight excluding hydrogens is 418 g/mol. The first-order valence-electron chi connectivity index (χ1n) is 8.18. The zero-order valence-corrected chi connectivity index (χ0v) is 16.1. The molecule has 0 aliphatic rings. The van der Waals surface area contributed by atoms with E-state index < -0.39 is 36.1 Å². The van der Waals surface area contributed by atoms with E-state index in [1.807, 2.05) is 0 Å².